The van der Waals surface area contributed by atoms with Crippen molar-refractivity contribution in [1.29, 1.82) is 0 Å². The van der Waals surface area contributed by atoms with Crippen LogP contribution in [-0.4, -0.2) is 31.4 Å². The van der Waals surface area contributed by atoms with Crippen LogP contribution in [0.3, 0.4) is 0 Å². The first-order chi connectivity index (χ1) is 11.5. The molecule has 0 aliphatic heterocycles. The number of benzene rings is 1. The molecule has 0 saturated heterocycles. The second-order valence-corrected chi connectivity index (χ2v) is 5.89. The predicted octanol–water partition coefficient (Wildman–Crippen LogP) is 1.60. The molecular weight excluding hydrogens is 354 g/mol. The number of hydrogen-bond donors (Lipinski definition) is 3. The Kier molecular flexibility index (Phi) is 6.16. The summed E-state index contributed by atoms with van der Waals surface area (Å²) < 4.78 is 5.06. The molecule has 0 aliphatic rings. The first-order valence-corrected chi connectivity index (χ1v) is 8.01. The van der Waals surface area contributed by atoms with Gasteiger partial charge in [0.25, 0.3) is 17.7 Å². The molecule has 0 saturated carbocycles. The van der Waals surface area contributed by atoms with E-state index < -0.39 is 11.8 Å². The summed E-state index contributed by atoms with van der Waals surface area (Å²) in [6, 6.07) is 7.92. The van der Waals surface area contributed by atoms with E-state index in [9.17, 15) is 14.4 Å². The Hall–Kier alpha value is -2.58. The lowest BCUT2D eigenvalue weighted by Crippen LogP contribution is -2.46. The highest BCUT2D eigenvalue weighted by atomic mass is 35.5. The van der Waals surface area contributed by atoms with Gasteiger partial charge >= 0.3 is 0 Å². The van der Waals surface area contributed by atoms with Crippen LogP contribution in [0.1, 0.15) is 20.0 Å². The van der Waals surface area contributed by atoms with Crippen LogP contribution < -0.4 is 20.9 Å². The van der Waals surface area contributed by atoms with Crippen molar-refractivity contribution in [1.82, 2.24) is 16.2 Å². The topological polar surface area (TPSA) is 96.5 Å². The lowest BCUT2D eigenvalue weighted by molar-refractivity contribution is -0.120. The molecule has 126 valence electrons. The van der Waals surface area contributed by atoms with Gasteiger partial charge < -0.3 is 10.1 Å². The Labute approximate surface area is 146 Å². The van der Waals surface area contributed by atoms with Crippen LogP contribution in [0.15, 0.2) is 35.7 Å². The van der Waals surface area contributed by atoms with Crippen LogP contribution in [-0.2, 0) is 4.79 Å². The minimum absolute atomic E-state index is 0.174. The van der Waals surface area contributed by atoms with E-state index in [1.54, 1.807) is 29.6 Å². The van der Waals surface area contributed by atoms with Gasteiger partial charge in [-0.25, -0.2) is 0 Å². The van der Waals surface area contributed by atoms with Gasteiger partial charge in [0.05, 0.1) is 24.1 Å². The van der Waals surface area contributed by atoms with Crippen LogP contribution in [0.5, 0.6) is 5.75 Å². The maximum Gasteiger partial charge on any atom is 0.273 e. The van der Waals surface area contributed by atoms with Crippen molar-refractivity contribution in [3.05, 3.63) is 51.2 Å². The highest BCUT2D eigenvalue weighted by Crippen LogP contribution is 2.22. The molecule has 7 nitrogen and oxygen atoms in total. The smallest absolute Gasteiger partial charge is 0.273 e. The van der Waals surface area contributed by atoms with E-state index in [1.807, 2.05) is 0 Å². The van der Waals surface area contributed by atoms with E-state index in [4.69, 9.17) is 16.3 Å². The average Bonchev–Trinajstić information content (AvgIpc) is 3.12. The van der Waals surface area contributed by atoms with Crippen LogP contribution in [0, 0.1) is 0 Å². The predicted molar refractivity (Wildman–Crippen MR) is 90.3 cm³/mol. The third-order valence-corrected chi connectivity index (χ3v) is 3.98. The molecule has 1 aromatic carbocycles. The summed E-state index contributed by atoms with van der Waals surface area (Å²) in [5, 5.41) is 4.56. The number of amides is 3. The Bertz CT molecular complexity index is 749. The molecule has 3 N–H and O–H groups in total. The van der Waals surface area contributed by atoms with Crippen molar-refractivity contribution >= 4 is 40.7 Å². The first kappa shape index (κ1) is 17.8. The van der Waals surface area contributed by atoms with E-state index in [2.05, 4.69) is 16.2 Å². The Morgan fingerprint density at radius 1 is 1.17 bits per heavy atom. The number of carbonyl (C=O) groups excluding carboxylic acids is 3. The molecule has 1 heterocycles. The van der Waals surface area contributed by atoms with Crippen LogP contribution >= 0.6 is 22.9 Å². The van der Waals surface area contributed by atoms with Crippen LogP contribution in [0.25, 0.3) is 0 Å². The molecule has 0 atom stereocenters. The van der Waals surface area contributed by atoms with Gasteiger partial charge in [-0.05, 0) is 29.6 Å². The normalized spacial score (nSPS) is 9.92. The SMILES string of the molecule is COc1ccc(Cl)cc1C(=O)NNC(=O)CNC(=O)c1cccs1. The zero-order chi connectivity index (χ0) is 17.5. The molecular formula is C15H14ClN3O4S. The minimum Gasteiger partial charge on any atom is -0.496 e. The summed E-state index contributed by atoms with van der Waals surface area (Å²) in [4.78, 5) is 35.9. The number of hydrogen-bond acceptors (Lipinski definition) is 5. The number of nitrogens with one attached hydrogen (secondary N) is 3. The summed E-state index contributed by atoms with van der Waals surface area (Å²) >= 11 is 7.11. The van der Waals surface area contributed by atoms with Gasteiger partial charge in [0, 0.05) is 5.02 Å². The number of ether oxygens (including phenoxy) is 1. The third kappa shape index (κ3) is 4.71. The van der Waals surface area contributed by atoms with Gasteiger partial charge in [-0.15, -0.1) is 11.3 Å². The van der Waals surface area contributed by atoms with E-state index in [0.29, 0.717) is 15.6 Å². The summed E-state index contributed by atoms with van der Waals surface area (Å²) in [6.07, 6.45) is 0. The first-order valence-electron chi connectivity index (χ1n) is 6.75. The fraction of sp³-hybridized carbons (Fsp3) is 0.133. The van der Waals surface area contributed by atoms with Gasteiger partial charge in [0.15, 0.2) is 0 Å². The molecule has 1 aromatic heterocycles. The van der Waals surface area contributed by atoms with Gasteiger partial charge in [-0.3, -0.25) is 25.2 Å². The summed E-state index contributed by atoms with van der Waals surface area (Å²) in [5.74, 6) is -1.21. The van der Waals surface area contributed by atoms with Crippen molar-refractivity contribution in [3.8, 4) is 5.75 Å². The highest BCUT2D eigenvalue weighted by Gasteiger charge is 2.14. The van der Waals surface area contributed by atoms with Crippen LogP contribution in [0.2, 0.25) is 5.02 Å². The molecule has 0 aliphatic carbocycles. The molecule has 3 amide bonds. The molecule has 24 heavy (non-hydrogen) atoms. The highest BCUT2D eigenvalue weighted by molar-refractivity contribution is 7.12. The number of rotatable bonds is 5. The maximum atomic E-state index is 12.1. The number of carbonyl (C=O) groups is 3. The maximum absolute atomic E-state index is 12.1. The molecule has 9 heteroatoms. The molecule has 0 bridgehead atoms. The van der Waals surface area contributed by atoms with E-state index in [0.717, 1.165) is 0 Å². The summed E-state index contributed by atoms with van der Waals surface area (Å²) in [6.45, 7) is -0.274. The Morgan fingerprint density at radius 3 is 2.62 bits per heavy atom. The molecule has 0 unspecified atom stereocenters. The van der Waals surface area contributed by atoms with Crippen molar-refractivity contribution in [2.24, 2.45) is 0 Å². The summed E-state index contributed by atoms with van der Waals surface area (Å²) in [7, 11) is 1.42. The fourth-order valence-electron chi connectivity index (χ4n) is 1.75. The molecule has 2 aromatic rings. The van der Waals surface area contributed by atoms with Gasteiger partial charge in [-0.1, -0.05) is 17.7 Å². The lowest BCUT2D eigenvalue weighted by atomic mass is 10.2. The van der Waals surface area contributed by atoms with E-state index >= 15 is 0 Å². The standard InChI is InChI=1S/C15H14ClN3O4S/c1-23-11-5-4-9(16)7-10(11)14(21)19-18-13(20)8-17-15(22)12-3-2-6-24-12/h2-7H,8H2,1H3,(H,17,22)(H,18,20)(H,19,21). The van der Waals surface area contributed by atoms with Gasteiger partial charge in [-0.2, -0.15) is 0 Å². The average molecular weight is 368 g/mol. The number of methoxy groups -OCH3 is 1. The monoisotopic (exact) mass is 367 g/mol. The zero-order valence-corrected chi connectivity index (χ0v) is 14.2. The van der Waals surface area contributed by atoms with Crippen LogP contribution in [0.4, 0.5) is 0 Å². The minimum atomic E-state index is -0.590. The molecule has 0 radical (unpaired) electrons. The zero-order valence-electron chi connectivity index (χ0n) is 12.6. The van der Waals surface area contributed by atoms with Crippen molar-refractivity contribution in [3.63, 3.8) is 0 Å². The molecule has 2 rings (SSSR count). The van der Waals surface area contributed by atoms with Gasteiger partial charge in [0.2, 0.25) is 0 Å². The Morgan fingerprint density at radius 2 is 1.96 bits per heavy atom. The van der Waals surface area contributed by atoms with Crippen molar-refractivity contribution in [2.45, 2.75) is 0 Å². The fourth-order valence-corrected chi connectivity index (χ4v) is 2.56. The third-order valence-electron chi connectivity index (χ3n) is 2.88. The Balaban J connectivity index is 1.84. The quantitative estimate of drug-likeness (QED) is 0.699. The molecule has 0 fully saturated rings. The summed E-state index contributed by atoms with van der Waals surface area (Å²) in [5.41, 5.74) is 4.61. The number of thiophene rings is 1. The second-order valence-electron chi connectivity index (χ2n) is 4.51. The van der Waals surface area contributed by atoms with Crippen molar-refractivity contribution < 1.29 is 19.1 Å². The van der Waals surface area contributed by atoms with Gasteiger partial charge in [0.1, 0.15) is 5.75 Å². The van der Waals surface area contributed by atoms with E-state index in [-0.39, 0.29) is 18.0 Å². The molecule has 0 spiro atoms. The second kappa shape index (κ2) is 8.32. The number of halogens is 1. The lowest BCUT2D eigenvalue weighted by Gasteiger charge is -2.11. The van der Waals surface area contributed by atoms with E-state index in [1.165, 1.54) is 24.5 Å². The number of hydrazine groups is 1. The largest absolute Gasteiger partial charge is 0.496 e. The van der Waals surface area contributed by atoms with Crippen molar-refractivity contribution in [2.75, 3.05) is 13.7 Å².